The highest BCUT2D eigenvalue weighted by atomic mass is 19.1. The highest BCUT2D eigenvalue weighted by molar-refractivity contribution is 5.16. The van der Waals surface area contributed by atoms with Crippen molar-refractivity contribution < 1.29 is 14.2 Å². The zero-order chi connectivity index (χ0) is 15.4. The van der Waals surface area contributed by atoms with E-state index in [9.17, 15) is 9.50 Å². The van der Waals surface area contributed by atoms with Crippen molar-refractivity contribution in [2.75, 3.05) is 32.8 Å². The molecule has 2 aliphatic heterocycles. The Kier molecular flexibility index (Phi) is 5.08. The van der Waals surface area contributed by atoms with E-state index < -0.39 is 5.60 Å². The summed E-state index contributed by atoms with van der Waals surface area (Å²) in [7, 11) is 0. The van der Waals surface area contributed by atoms with Gasteiger partial charge in [0.05, 0.1) is 6.61 Å². The SMILES string of the molecule is OC1(CNC2CCN(Cc3cccc(F)c3)CC2)CCOC1. The number of ether oxygens (including phenoxy) is 1. The number of hydrogen-bond donors (Lipinski definition) is 2. The molecule has 2 fully saturated rings. The molecule has 0 bridgehead atoms. The lowest BCUT2D eigenvalue weighted by atomic mass is 10.00. The smallest absolute Gasteiger partial charge is 0.123 e. The van der Waals surface area contributed by atoms with Crippen molar-refractivity contribution in [3.05, 3.63) is 35.6 Å². The van der Waals surface area contributed by atoms with Gasteiger partial charge in [-0.15, -0.1) is 0 Å². The van der Waals surface area contributed by atoms with Crippen LogP contribution in [0.3, 0.4) is 0 Å². The number of rotatable bonds is 5. The summed E-state index contributed by atoms with van der Waals surface area (Å²) in [4.78, 5) is 2.36. The molecule has 2 aliphatic rings. The highest BCUT2D eigenvalue weighted by Crippen LogP contribution is 2.19. The van der Waals surface area contributed by atoms with Crippen molar-refractivity contribution in [1.82, 2.24) is 10.2 Å². The van der Waals surface area contributed by atoms with Gasteiger partial charge in [-0.25, -0.2) is 4.39 Å². The summed E-state index contributed by atoms with van der Waals surface area (Å²) in [6, 6.07) is 7.29. The monoisotopic (exact) mass is 308 g/mol. The summed E-state index contributed by atoms with van der Waals surface area (Å²) in [6.45, 7) is 4.53. The predicted molar refractivity (Wildman–Crippen MR) is 83.1 cm³/mol. The molecule has 1 aromatic carbocycles. The average Bonchev–Trinajstić information content (AvgIpc) is 2.94. The molecule has 22 heavy (non-hydrogen) atoms. The van der Waals surface area contributed by atoms with Crippen LogP contribution in [0.2, 0.25) is 0 Å². The molecule has 0 spiro atoms. The normalized spacial score (nSPS) is 27.4. The van der Waals surface area contributed by atoms with Crippen LogP contribution < -0.4 is 5.32 Å². The van der Waals surface area contributed by atoms with E-state index in [0.717, 1.165) is 44.5 Å². The average molecular weight is 308 g/mol. The van der Waals surface area contributed by atoms with Gasteiger partial charge in [-0.3, -0.25) is 4.90 Å². The Hall–Kier alpha value is -1.01. The Balaban J connectivity index is 1.40. The van der Waals surface area contributed by atoms with Crippen molar-refractivity contribution in [2.24, 2.45) is 0 Å². The van der Waals surface area contributed by atoms with E-state index in [0.29, 0.717) is 25.8 Å². The molecule has 2 heterocycles. The Morgan fingerprint density at radius 2 is 2.18 bits per heavy atom. The fourth-order valence-electron chi connectivity index (χ4n) is 3.26. The molecule has 2 saturated heterocycles. The predicted octanol–water partition coefficient (Wildman–Crippen LogP) is 1.53. The second-order valence-corrected chi connectivity index (χ2v) is 6.59. The lowest BCUT2D eigenvalue weighted by Crippen LogP contribution is -2.48. The minimum atomic E-state index is -0.682. The van der Waals surface area contributed by atoms with Crippen molar-refractivity contribution in [1.29, 1.82) is 0 Å². The Labute approximate surface area is 131 Å². The first-order valence-corrected chi connectivity index (χ1v) is 8.13. The Morgan fingerprint density at radius 1 is 1.36 bits per heavy atom. The van der Waals surface area contributed by atoms with Crippen LogP contribution in [0, 0.1) is 5.82 Å². The maximum absolute atomic E-state index is 13.2. The zero-order valence-corrected chi connectivity index (χ0v) is 12.9. The van der Waals surface area contributed by atoms with Gasteiger partial charge in [0.25, 0.3) is 0 Å². The van der Waals surface area contributed by atoms with Gasteiger partial charge in [0.2, 0.25) is 0 Å². The molecule has 3 rings (SSSR count). The van der Waals surface area contributed by atoms with Gasteiger partial charge in [0, 0.05) is 32.2 Å². The molecule has 1 unspecified atom stereocenters. The number of nitrogens with one attached hydrogen (secondary N) is 1. The molecular formula is C17H25FN2O2. The van der Waals surface area contributed by atoms with Gasteiger partial charge in [-0.05, 0) is 43.6 Å². The van der Waals surface area contributed by atoms with E-state index in [2.05, 4.69) is 10.2 Å². The van der Waals surface area contributed by atoms with E-state index in [1.165, 1.54) is 6.07 Å². The van der Waals surface area contributed by atoms with Crippen LogP contribution in [0.25, 0.3) is 0 Å². The van der Waals surface area contributed by atoms with E-state index in [-0.39, 0.29) is 5.82 Å². The quantitative estimate of drug-likeness (QED) is 0.866. The maximum atomic E-state index is 13.2. The van der Waals surface area contributed by atoms with Gasteiger partial charge < -0.3 is 15.2 Å². The van der Waals surface area contributed by atoms with Gasteiger partial charge in [0.15, 0.2) is 0 Å². The van der Waals surface area contributed by atoms with Crippen molar-refractivity contribution in [3.63, 3.8) is 0 Å². The lowest BCUT2D eigenvalue weighted by Gasteiger charge is -2.34. The topological polar surface area (TPSA) is 44.7 Å². The van der Waals surface area contributed by atoms with Crippen molar-refractivity contribution >= 4 is 0 Å². The first-order valence-electron chi connectivity index (χ1n) is 8.13. The molecule has 122 valence electrons. The highest BCUT2D eigenvalue weighted by Gasteiger charge is 2.33. The van der Waals surface area contributed by atoms with E-state index >= 15 is 0 Å². The third kappa shape index (κ3) is 4.26. The first kappa shape index (κ1) is 15.9. The van der Waals surface area contributed by atoms with Gasteiger partial charge in [-0.2, -0.15) is 0 Å². The second-order valence-electron chi connectivity index (χ2n) is 6.59. The Bertz CT molecular complexity index is 483. The van der Waals surface area contributed by atoms with Gasteiger partial charge in [-0.1, -0.05) is 12.1 Å². The number of aliphatic hydroxyl groups is 1. The minimum Gasteiger partial charge on any atom is -0.386 e. The second kappa shape index (κ2) is 7.04. The van der Waals surface area contributed by atoms with Crippen LogP contribution in [-0.2, 0) is 11.3 Å². The summed E-state index contributed by atoms with van der Waals surface area (Å²) in [5.74, 6) is -0.166. The van der Waals surface area contributed by atoms with Crippen molar-refractivity contribution in [3.8, 4) is 0 Å². The molecule has 1 aromatic rings. The zero-order valence-electron chi connectivity index (χ0n) is 12.9. The van der Waals surface area contributed by atoms with Crippen LogP contribution in [0.15, 0.2) is 24.3 Å². The number of piperidine rings is 1. The molecule has 2 N–H and O–H groups in total. The molecule has 0 aliphatic carbocycles. The minimum absolute atomic E-state index is 0.166. The third-order valence-corrected chi connectivity index (χ3v) is 4.69. The number of halogens is 1. The fourth-order valence-corrected chi connectivity index (χ4v) is 3.26. The van der Waals surface area contributed by atoms with E-state index in [1.807, 2.05) is 6.07 Å². The largest absolute Gasteiger partial charge is 0.386 e. The van der Waals surface area contributed by atoms with Gasteiger partial charge in [0.1, 0.15) is 11.4 Å². The number of nitrogens with zero attached hydrogens (tertiary/aromatic N) is 1. The van der Waals surface area contributed by atoms with Crippen LogP contribution in [-0.4, -0.2) is 54.5 Å². The maximum Gasteiger partial charge on any atom is 0.123 e. The molecule has 0 aromatic heterocycles. The molecule has 5 heteroatoms. The van der Waals surface area contributed by atoms with Crippen LogP contribution >= 0.6 is 0 Å². The molecule has 0 radical (unpaired) electrons. The molecule has 0 saturated carbocycles. The molecule has 1 atom stereocenters. The summed E-state index contributed by atoms with van der Waals surface area (Å²) >= 11 is 0. The molecule has 4 nitrogen and oxygen atoms in total. The summed E-state index contributed by atoms with van der Waals surface area (Å²) in [5, 5.41) is 13.7. The summed E-state index contributed by atoms with van der Waals surface area (Å²) < 4.78 is 18.5. The lowest BCUT2D eigenvalue weighted by molar-refractivity contribution is 0.0225. The van der Waals surface area contributed by atoms with Crippen molar-refractivity contribution in [2.45, 2.75) is 37.5 Å². The van der Waals surface area contributed by atoms with Crippen LogP contribution in [0.1, 0.15) is 24.8 Å². The molecular weight excluding hydrogens is 283 g/mol. The summed E-state index contributed by atoms with van der Waals surface area (Å²) in [5.41, 5.74) is 0.349. The Morgan fingerprint density at radius 3 is 2.86 bits per heavy atom. The van der Waals surface area contributed by atoms with Crippen LogP contribution in [0.4, 0.5) is 4.39 Å². The van der Waals surface area contributed by atoms with Crippen LogP contribution in [0.5, 0.6) is 0 Å². The van der Waals surface area contributed by atoms with Gasteiger partial charge >= 0.3 is 0 Å². The third-order valence-electron chi connectivity index (χ3n) is 4.69. The van der Waals surface area contributed by atoms with E-state index in [1.54, 1.807) is 12.1 Å². The number of hydrogen-bond acceptors (Lipinski definition) is 4. The standard InChI is InChI=1S/C17H25FN2O2/c18-15-3-1-2-14(10-15)11-20-7-4-16(5-8-20)19-12-17(21)6-9-22-13-17/h1-3,10,16,19,21H,4-9,11-13H2. The molecule has 0 amide bonds. The summed E-state index contributed by atoms with van der Waals surface area (Å²) in [6.07, 6.45) is 2.84. The first-order chi connectivity index (χ1) is 10.6. The fraction of sp³-hybridized carbons (Fsp3) is 0.647. The van der Waals surface area contributed by atoms with E-state index in [4.69, 9.17) is 4.74 Å². The number of benzene rings is 1. The number of likely N-dealkylation sites (tertiary alicyclic amines) is 1.